The van der Waals surface area contributed by atoms with Gasteiger partial charge in [-0.2, -0.15) is 0 Å². The monoisotopic (exact) mass is 235 g/mol. The Bertz CT molecular complexity index is 494. The molecule has 1 radical (unpaired) electrons. The van der Waals surface area contributed by atoms with Gasteiger partial charge in [0.05, 0.1) is 0 Å². The Balaban J connectivity index is 2.05. The van der Waals surface area contributed by atoms with E-state index >= 15 is 0 Å². The third-order valence-electron chi connectivity index (χ3n) is 3.16. The fourth-order valence-corrected chi connectivity index (χ4v) is 1.99. The van der Waals surface area contributed by atoms with Gasteiger partial charge in [-0.1, -0.05) is 72.3 Å². The van der Waals surface area contributed by atoms with E-state index in [2.05, 4.69) is 68.5 Å². The second-order valence-electron chi connectivity index (χ2n) is 4.69. The van der Waals surface area contributed by atoms with Gasteiger partial charge in [0.25, 0.3) is 0 Å². The molecule has 0 aliphatic heterocycles. The van der Waals surface area contributed by atoms with Crippen LogP contribution in [0, 0.1) is 12.8 Å². The summed E-state index contributed by atoms with van der Waals surface area (Å²) >= 11 is 0. The van der Waals surface area contributed by atoms with Crippen LogP contribution in [0.5, 0.6) is 0 Å². The summed E-state index contributed by atoms with van der Waals surface area (Å²) in [6.45, 7) is 6.42. The first-order chi connectivity index (χ1) is 8.75. The molecule has 2 aromatic carbocycles. The summed E-state index contributed by atoms with van der Waals surface area (Å²) in [6.07, 6.45) is 3.22. The largest absolute Gasteiger partial charge is 0.0693 e. The van der Waals surface area contributed by atoms with Crippen LogP contribution < -0.4 is 0 Å². The summed E-state index contributed by atoms with van der Waals surface area (Å²) in [5.74, 6) is 0.326. The molecule has 0 heteroatoms. The maximum atomic E-state index is 4.26. The van der Waals surface area contributed by atoms with Crippen LogP contribution in [0.15, 0.2) is 66.2 Å². The van der Waals surface area contributed by atoms with Crippen LogP contribution in [0.25, 0.3) is 6.08 Å². The summed E-state index contributed by atoms with van der Waals surface area (Å²) < 4.78 is 0. The molecule has 0 nitrogen and oxygen atoms in total. The minimum Gasteiger partial charge on any atom is -0.0693 e. The molecule has 1 atom stereocenters. The summed E-state index contributed by atoms with van der Waals surface area (Å²) in [5, 5.41) is 0. The summed E-state index contributed by atoms with van der Waals surface area (Å²) in [6, 6.07) is 20.9. The van der Waals surface area contributed by atoms with Crippen LogP contribution >= 0.6 is 0 Å². The van der Waals surface area contributed by atoms with E-state index in [9.17, 15) is 0 Å². The Morgan fingerprint density at radius 2 is 1.56 bits per heavy atom. The molecule has 0 N–H and O–H groups in total. The molecule has 0 aliphatic rings. The Labute approximate surface area is 110 Å². The molecule has 18 heavy (non-hydrogen) atoms. The molecule has 0 aromatic heterocycles. The number of benzene rings is 2. The van der Waals surface area contributed by atoms with E-state index < -0.39 is 0 Å². The second kappa shape index (κ2) is 6.20. The van der Waals surface area contributed by atoms with E-state index in [4.69, 9.17) is 0 Å². The zero-order valence-corrected chi connectivity index (χ0v) is 10.8. The molecule has 0 spiro atoms. The lowest BCUT2D eigenvalue weighted by atomic mass is 9.93. The van der Waals surface area contributed by atoms with Gasteiger partial charge in [-0.25, -0.2) is 0 Å². The van der Waals surface area contributed by atoms with Gasteiger partial charge in [0.1, 0.15) is 0 Å². The Hall–Kier alpha value is -1.82. The zero-order chi connectivity index (χ0) is 12.8. The van der Waals surface area contributed by atoms with Gasteiger partial charge in [-0.05, 0) is 37.3 Å². The van der Waals surface area contributed by atoms with Gasteiger partial charge in [0.15, 0.2) is 0 Å². The zero-order valence-electron chi connectivity index (χ0n) is 10.8. The lowest BCUT2D eigenvalue weighted by Crippen LogP contribution is -2.01. The van der Waals surface area contributed by atoms with Gasteiger partial charge < -0.3 is 0 Å². The molecule has 0 saturated heterocycles. The Morgan fingerprint density at radius 3 is 2.17 bits per heavy atom. The first-order valence-electron chi connectivity index (χ1n) is 6.36. The molecule has 0 aliphatic carbocycles. The molecule has 2 rings (SSSR count). The van der Waals surface area contributed by atoms with Crippen molar-refractivity contribution in [3.05, 3.63) is 84.3 Å². The molecular weight excluding hydrogens is 216 g/mol. The van der Waals surface area contributed by atoms with Gasteiger partial charge in [-0.3, -0.25) is 0 Å². The fraction of sp³-hybridized carbons (Fsp3) is 0.167. The van der Waals surface area contributed by atoms with E-state index in [1.807, 2.05) is 12.1 Å². The number of hydrogen-bond donors (Lipinski definition) is 0. The number of allylic oxidation sites excluding steroid dienone is 1. The van der Waals surface area contributed by atoms with Gasteiger partial charge in [0, 0.05) is 0 Å². The van der Waals surface area contributed by atoms with Gasteiger partial charge in [0.2, 0.25) is 0 Å². The average molecular weight is 235 g/mol. The van der Waals surface area contributed by atoms with Crippen molar-refractivity contribution < 1.29 is 0 Å². The molecule has 1 unspecified atom stereocenters. The molecule has 0 fully saturated rings. The highest BCUT2D eigenvalue weighted by Gasteiger charge is 2.05. The number of rotatable bonds is 4. The van der Waals surface area contributed by atoms with Gasteiger partial charge >= 0.3 is 0 Å². The highest BCUT2D eigenvalue weighted by Crippen LogP contribution is 2.18. The summed E-state index contributed by atoms with van der Waals surface area (Å²) in [4.78, 5) is 0. The van der Waals surface area contributed by atoms with E-state index in [0.717, 1.165) is 6.42 Å². The van der Waals surface area contributed by atoms with Crippen LogP contribution in [-0.2, 0) is 6.42 Å². The normalized spacial score (nSPS) is 13.3. The summed E-state index contributed by atoms with van der Waals surface area (Å²) in [7, 11) is 0. The van der Waals surface area contributed by atoms with E-state index in [-0.39, 0.29) is 0 Å². The third kappa shape index (κ3) is 3.59. The van der Waals surface area contributed by atoms with E-state index in [1.54, 1.807) is 0 Å². The van der Waals surface area contributed by atoms with Crippen LogP contribution in [0.4, 0.5) is 0 Å². The third-order valence-corrected chi connectivity index (χ3v) is 3.16. The molecular formula is C18H19. The first-order valence-corrected chi connectivity index (χ1v) is 6.36. The first kappa shape index (κ1) is 12.6. The van der Waals surface area contributed by atoms with Crippen molar-refractivity contribution in [2.75, 3.05) is 0 Å². The minimum atomic E-state index is 0.326. The Kier molecular flexibility index (Phi) is 4.35. The molecule has 0 bridgehead atoms. The van der Waals surface area contributed by atoms with Crippen molar-refractivity contribution in [1.29, 1.82) is 0 Å². The highest BCUT2D eigenvalue weighted by molar-refractivity contribution is 5.52. The maximum absolute atomic E-state index is 4.26. The predicted molar refractivity (Wildman–Crippen MR) is 79.1 cm³/mol. The lowest BCUT2D eigenvalue weighted by Gasteiger charge is -2.12. The topological polar surface area (TPSA) is 0 Å². The molecule has 91 valence electrons. The van der Waals surface area contributed by atoms with Crippen molar-refractivity contribution in [2.45, 2.75) is 13.3 Å². The molecule has 0 saturated carbocycles. The van der Waals surface area contributed by atoms with E-state index in [0.29, 0.717) is 5.92 Å². The van der Waals surface area contributed by atoms with Gasteiger partial charge in [-0.15, -0.1) is 0 Å². The van der Waals surface area contributed by atoms with Crippen molar-refractivity contribution in [3.63, 3.8) is 0 Å². The second-order valence-corrected chi connectivity index (χ2v) is 4.69. The Morgan fingerprint density at radius 1 is 1.00 bits per heavy atom. The van der Waals surface area contributed by atoms with Crippen LogP contribution in [-0.4, -0.2) is 0 Å². The predicted octanol–water partition coefficient (Wildman–Crippen LogP) is 4.78. The maximum Gasteiger partial charge on any atom is -0.0162 e. The quantitative estimate of drug-likeness (QED) is 0.715. The smallest absolute Gasteiger partial charge is 0.0162 e. The number of hydrogen-bond acceptors (Lipinski definition) is 0. The molecule has 0 heterocycles. The van der Waals surface area contributed by atoms with Crippen molar-refractivity contribution in [2.24, 2.45) is 5.92 Å². The molecule has 2 aromatic rings. The van der Waals surface area contributed by atoms with Crippen LogP contribution in [0.1, 0.15) is 18.1 Å². The summed E-state index contributed by atoms with van der Waals surface area (Å²) in [5.41, 5.74) is 3.92. The van der Waals surface area contributed by atoms with Crippen molar-refractivity contribution >= 4 is 6.08 Å². The molecule has 0 amide bonds. The fourth-order valence-electron chi connectivity index (χ4n) is 1.99. The average Bonchev–Trinajstić information content (AvgIpc) is 2.41. The van der Waals surface area contributed by atoms with Crippen LogP contribution in [0.3, 0.4) is 0 Å². The lowest BCUT2D eigenvalue weighted by molar-refractivity contribution is 0.754. The SMILES string of the molecule is [CH2]C(Cc1ccccc1)C(C)=Cc1ccccc1. The van der Waals surface area contributed by atoms with Crippen molar-refractivity contribution in [1.82, 2.24) is 0 Å². The van der Waals surface area contributed by atoms with E-state index in [1.165, 1.54) is 16.7 Å². The van der Waals surface area contributed by atoms with Crippen molar-refractivity contribution in [3.8, 4) is 0 Å². The highest BCUT2D eigenvalue weighted by atomic mass is 14.1. The minimum absolute atomic E-state index is 0.326. The van der Waals surface area contributed by atoms with Crippen LogP contribution in [0.2, 0.25) is 0 Å². The standard InChI is InChI=1S/C18H19/c1-15(13-17-9-5-3-6-10-17)16(2)14-18-11-7-4-8-12-18/h3-12,14-15H,1,13H2,2H3.